The summed E-state index contributed by atoms with van der Waals surface area (Å²) < 4.78 is 83.4. The SMILES string of the molecule is CO/S(=N/C(Cl)(C(F)(F)F)C(F)(F)F)c1ccc(C)cc1. The van der Waals surface area contributed by atoms with Gasteiger partial charge in [0.05, 0.1) is 18.1 Å². The third kappa shape index (κ3) is 3.89. The van der Waals surface area contributed by atoms with Gasteiger partial charge < -0.3 is 4.18 Å². The summed E-state index contributed by atoms with van der Waals surface area (Å²) in [6.45, 7) is 1.71. The molecule has 120 valence electrons. The first-order valence-electron chi connectivity index (χ1n) is 5.33. The molecule has 1 unspecified atom stereocenters. The van der Waals surface area contributed by atoms with Gasteiger partial charge in [-0.3, -0.25) is 0 Å². The Hall–Kier alpha value is -0.800. The van der Waals surface area contributed by atoms with Crippen molar-refractivity contribution in [3.05, 3.63) is 29.8 Å². The van der Waals surface area contributed by atoms with E-state index in [1.807, 2.05) is 0 Å². The molecule has 0 fully saturated rings. The predicted octanol–water partition coefficient (Wildman–Crippen LogP) is 4.78. The Morgan fingerprint density at radius 1 is 1.00 bits per heavy atom. The van der Waals surface area contributed by atoms with Gasteiger partial charge in [-0.25, -0.2) is 0 Å². The van der Waals surface area contributed by atoms with Crippen LogP contribution in [0, 0.1) is 6.92 Å². The lowest BCUT2D eigenvalue weighted by Crippen LogP contribution is -2.51. The van der Waals surface area contributed by atoms with E-state index in [0.29, 0.717) is 0 Å². The zero-order chi connectivity index (χ0) is 16.5. The van der Waals surface area contributed by atoms with Crippen LogP contribution >= 0.6 is 11.6 Å². The minimum atomic E-state index is -5.80. The van der Waals surface area contributed by atoms with E-state index >= 15 is 0 Å². The van der Waals surface area contributed by atoms with Gasteiger partial charge in [0.2, 0.25) is 0 Å². The number of aryl methyl sites for hydroxylation is 1. The van der Waals surface area contributed by atoms with Crippen LogP contribution in [0.15, 0.2) is 33.5 Å². The van der Waals surface area contributed by atoms with E-state index in [0.717, 1.165) is 12.7 Å². The standard InChI is InChI=1S/C11H10ClF6NOS/c1-7-3-5-8(6-4-7)21(20-2)19-9(12,10(13,14)15)11(16,17)18/h3-6H,1-2H3. The molecule has 0 heterocycles. The van der Waals surface area contributed by atoms with Crippen molar-refractivity contribution < 1.29 is 30.5 Å². The fourth-order valence-corrected chi connectivity index (χ4v) is 2.58. The molecule has 1 atom stereocenters. The van der Waals surface area contributed by atoms with Crippen LogP contribution in [-0.4, -0.2) is 24.5 Å². The monoisotopic (exact) mass is 353 g/mol. The molecular weight excluding hydrogens is 344 g/mol. The van der Waals surface area contributed by atoms with Gasteiger partial charge in [-0.15, -0.1) is 0 Å². The second-order valence-corrected chi connectivity index (χ2v) is 5.97. The van der Waals surface area contributed by atoms with Crippen molar-refractivity contribution in [3.63, 3.8) is 0 Å². The number of rotatable bonds is 3. The van der Waals surface area contributed by atoms with E-state index in [9.17, 15) is 26.3 Å². The molecular formula is C11H10ClF6NOS. The largest absolute Gasteiger partial charge is 0.437 e. The lowest BCUT2D eigenvalue weighted by atomic mass is 10.2. The number of hydrogen-bond donors (Lipinski definition) is 0. The normalized spacial score (nSPS) is 15.3. The Labute approximate surface area is 124 Å². The first-order chi connectivity index (χ1) is 9.42. The van der Waals surface area contributed by atoms with Crippen LogP contribution in [0.4, 0.5) is 26.3 Å². The van der Waals surface area contributed by atoms with E-state index in [2.05, 4.69) is 8.55 Å². The highest BCUT2D eigenvalue weighted by Gasteiger charge is 2.71. The summed E-state index contributed by atoms with van der Waals surface area (Å²) in [6.07, 6.45) is -11.6. The summed E-state index contributed by atoms with van der Waals surface area (Å²) in [5, 5.41) is 0. The van der Waals surface area contributed by atoms with Crippen molar-refractivity contribution in [2.45, 2.75) is 29.2 Å². The van der Waals surface area contributed by atoms with Crippen molar-refractivity contribution in [1.82, 2.24) is 0 Å². The maximum Gasteiger partial charge on any atom is 0.437 e. The number of hydrogen-bond acceptors (Lipinski definition) is 2. The zero-order valence-corrected chi connectivity index (χ0v) is 12.3. The molecule has 1 aromatic carbocycles. The summed E-state index contributed by atoms with van der Waals surface area (Å²) in [5.41, 5.74) is 0.780. The number of benzene rings is 1. The van der Waals surface area contributed by atoms with Crippen LogP contribution < -0.4 is 0 Å². The van der Waals surface area contributed by atoms with E-state index < -0.39 is 28.3 Å². The molecule has 0 radical (unpaired) electrons. The van der Waals surface area contributed by atoms with Crippen LogP contribution in [0.5, 0.6) is 0 Å². The Morgan fingerprint density at radius 3 is 1.76 bits per heavy atom. The molecule has 21 heavy (non-hydrogen) atoms. The van der Waals surface area contributed by atoms with Gasteiger partial charge in [0.15, 0.2) is 0 Å². The topological polar surface area (TPSA) is 21.6 Å². The molecule has 10 heteroatoms. The molecule has 0 amide bonds. The summed E-state index contributed by atoms with van der Waals surface area (Å²) in [6, 6.07) is 5.69. The predicted molar refractivity (Wildman–Crippen MR) is 66.9 cm³/mol. The fraction of sp³-hybridized carbons (Fsp3) is 0.455. The molecule has 0 saturated heterocycles. The third-order valence-electron chi connectivity index (χ3n) is 2.34. The summed E-state index contributed by atoms with van der Waals surface area (Å²) in [5.74, 6) is 0. The number of halogens is 7. The average molecular weight is 354 g/mol. The average Bonchev–Trinajstić information content (AvgIpc) is 2.34. The van der Waals surface area contributed by atoms with Crippen molar-refractivity contribution in [2.24, 2.45) is 4.36 Å². The van der Waals surface area contributed by atoms with Gasteiger partial charge in [0, 0.05) is 4.90 Å². The molecule has 1 rings (SSSR count). The van der Waals surface area contributed by atoms with Crippen molar-refractivity contribution in [3.8, 4) is 0 Å². The molecule has 1 aromatic rings. The quantitative estimate of drug-likeness (QED) is 0.435. The Morgan fingerprint density at radius 2 is 1.43 bits per heavy atom. The maximum absolute atomic E-state index is 12.7. The smallest absolute Gasteiger partial charge is 0.306 e. The Balaban J connectivity index is 3.41. The summed E-state index contributed by atoms with van der Waals surface area (Å²) in [7, 11) is -1.16. The molecule has 2 nitrogen and oxygen atoms in total. The highest BCUT2D eigenvalue weighted by atomic mass is 35.5. The second-order valence-electron chi connectivity index (χ2n) is 3.94. The lowest BCUT2D eigenvalue weighted by Gasteiger charge is -2.28. The van der Waals surface area contributed by atoms with Gasteiger partial charge in [0.1, 0.15) is 0 Å². The summed E-state index contributed by atoms with van der Waals surface area (Å²) in [4.78, 5) is -4.66. The Kier molecular flexibility index (Phi) is 5.33. The van der Waals surface area contributed by atoms with Gasteiger partial charge >= 0.3 is 17.4 Å². The highest BCUT2D eigenvalue weighted by Crippen LogP contribution is 2.49. The van der Waals surface area contributed by atoms with E-state index in [-0.39, 0.29) is 4.90 Å². The van der Waals surface area contributed by atoms with E-state index in [4.69, 9.17) is 11.6 Å². The minimum Gasteiger partial charge on any atom is -0.306 e. The molecule has 0 saturated carbocycles. The summed E-state index contributed by atoms with van der Waals surface area (Å²) >= 11 is 4.76. The van der Waals surface area contributed by atoms with Crippen LogP contribution in [0.2, 0.25) is 0 Å². The van der Waals surface area contributed by atoms with E-state index in [1.54, 1.807) is 6.92 Å². The van der Waals surface area contributed by atoms with Crippen LogP contribution in [0.1, 0.15) is 5.56 Å². The lowest BCUT2D eigenvalue weighted by molar-refractivity contribution is -0.264. The fourth-order valence-electron chi connectivity index (χ4n) is 1.22. The molecule has 0 N–H and O–H groups in total. The van der Waals surface area contributed by atoms with Crippen LogP contribution in [-0.2, 0) is 15.2 Å². The van der Waals surface area contributed by atoms with Gasteiger partial charge in [0.25, 0.3) is 0 Å². The first-order valence-corrected chi connectivity index (χ1v) is 6.81. The molecule has 0 spiro atoms. The molecule has 0 aliphatic heterocycles. The van der Waals surface area contributed by atoms with E-state index in [1.165, 1.54) is 24.3 Å². The van der Waals surface area contributed by atoms with Gasteiger partial charge in [-0.1, -0.05) is 29.3 Å². The van der Waals surface area contributed by atoms with Crippen molar-refractivity contribution in [1.29, 1.82) is 0 Å². The Bertz CT molecular complexity index is 511. The first kappa shape index (κ1) is 18.2. The number of nitrogens with zero attached hydrogens (tertiary/aromatic N) is 1. The zero-order valence-electron chi connectivity index (χ0n) is 10.7. The molecule has 0 aliphatic rings. The highest BCUT2D eigenvalue weighted by molar-refractivity contribution is 7.82. The number of alkyl halides is 7. The van der Waals surface area contributed by atoms with Crippen molar-refractivity contribution >= 4 is 22.6 Å². The van der Waals surface area contributed by atoms with Gasteiger partial charge in [-0.2, -0.15) is 30.7 Å². The molecule has 0 aromatic heterocycles. The maximum atomic E-state index is 12.7. The van der Waals surface area contributed by atoms with Crippen LogP contribution in [0.3, 0.4) is 0 Å². The van der Waals surface area contributed by atoms with Crippen molar-refractivity contribution in [2.75, 3.05) is 7.11 Å². The van der Waals surface area contributed by atoms with Crippen LogP contribution in [0.25, 0.3) is 0 Å². The second kappa shape index (κ2) is 6.13. The minimum absolute atomic E-state index is 0.0571. The molecule has 0 aliphatic carbocycles. The van der Waals surface area contributed by atoms with Gasteiger partial charge in [-0.05, 0) is 19.1 Å². The molecule has 0 bridgehead atoms. The third-order valence-corrected chi connectivity index (χ3v) is 4.38.